The molecule has 4 nitrogen and oxygen atoms in total. The van der Waals surface area contributed by atoms with E-state index in [9.17, 15) is 5.11 Å². The molecule has 0 aliphatic carbocycles. The van der Waals surface area contributed by atoms with Crippen LogP contribution in [0.1, 0.15) is 16.0 Å². The zero-order chi connectivity index (χ0) is 16.7. The number of nitrogens with zero attached hydrogens (tertiary/aromatic N) is 2. The first-order valence-electron chi connectivity index (χ1n) is 7.56. The van der Waals surface area contributed by atoms with Gasteiger partial charge in [0.05, 0.1) is 16.3 Å². The number of benzene rings is 2. The molecule has 2 N–H and O–H groups in total. The van der Waals surface area contributed by atoms with Gasteiger partial charge in [0.1, 0.15) is 0 Å². The van der Waals surface area contributed by atoms with Gasteiger partial charge < -0.3 is 5.11 Å². The summed E-state index contributed by atoms with van der Waals surface area (Å²) in [6.45, 7) is 1.97. The summed E-state index contributed by atoms with van der Waals surface area (Å²) in [4.78, 5) is 5.33. The SMILES string of the molecule is Cc1ccccc1-n1c(O)c(/C=C2/C=Nc3ccccc32)sc1=N. The molecule has 24 heavy (non-hydrogen) atoms. The Labute approximate surface area is 143 Å². The quantitative estimate of drug-likeness (QED) is 0.722. The Morgan fingerprint density at radius 2 is 1.88 bits per heavy atom. The summed E-state index contributed by atoms with van der Waals surface area (Å²) < 4.78 is 1.57. The zero-order valence-electron chi connectivity index (χ0n) is 13.0. The minimum Gasteiger partial charge on any atom is -0.493 e. The summed E-state index contributed by atoms with van der Waals surface area (Å²) in [6.07, 6.45) is 3.69. The maximum atomic E-state index is 10.7. The molecule has 2 heterocycles. The van der Waals surface area contributed by atoms with Crippen LogP contribution >= 0.6 is 11.3 Å². The van der Waals surface area contributed by atoms with Gasteiger partial charge in [-0.05, 0) is 30.7 Å². The number of allylic oxidation sites excluding steroid dienone is 1. The molecular formula is C19H15N3OS. The zero-order valence-corrected chi connectivity index (χ0v) is 13.8. The van der Waals surface area contributed by atoms with E-state index < -0.39 is 0 Å². The third-order valence-corrected chi connectivity index (χ3v) is 4.94. The van der Waals surface area contributed by atoms with Crippen molar-refractivity contribution in [2.24, 2.45) is 4.99 Å². The number of nitrogens with one attached hydrogen (secondary N) is 1. The van der Waals surface area contributed by atoms with Crippen LogP contribution in [0.25, 0.3) is 17.3 Å². The summed E-state index contributed by atoms with van der Waals surface area (Å²) in [7, 11) is 0. The summed E-state index contributed by atoms with van der Waals surface area (Å²) in [6, 6.07) is 15.6. The number of aliphatic imine (C=N–C) groups is 1. The van der Waals surface area contributed by atoms with Gasteiger partial charge in [0, 0.05) is 17.4 Å². The number of aromatic nitrogens is 1. The first kappa shape index (κ1) is 14.7. The van der Waals surface area contributed by atoms with Crippen LogP contribution in [0, 0.1) is 12.3 Å². The number of aryl methyl sites for hydroxylation is 1. The Hall–Kier alpha value is -2.92. The lowest BCUT2D eigenvalue weighted by Gasteiger charge is -2.07. The monoisotopic (exact) mass is 333 g/mol. The highest BCUT2D eigenvalue weighted by Gasteiger charge is 2.16. The average Bonchev–Trinajstić information content (AvgIpc) is 3.11. The molecule has 1 aliphatic rings. The molecule has 0 atom stereocenters. The van der Waals surface area contributed by atoms with Gasteiger partial charge in [-0.1, -0.05) is 47.7 Å². The summed E-state index contributed by atoms with van der Waals surface area (Å²) >= 11 is 1.25. The van der Waals surface area contributed by atoms with Crippen LogP contribution in [0.2, 0.25) is 0 Å². The van der Waals surface area contributed by atoms with Gasteiger partial charge >= 0.3 is 0 Å². The molecule has 1 aliphatic heterocycles. The van der Waals surface area contributed by atoms with E-state index >= 15 is 0 Å². The Bertz CT molecular complexity index is 1060. The molecule has 0 unspecified atom stereocenters. The Morgan fingerprint density at radius 3 is 2.71 bits per heavy atom. The number of fused-ring (bicyclic) bond motifs is 1. The van der Waals surface area contributed by atoms with Crippen LogP contribution in [0.4, 0.5) is 5.69 Å². The van der Waals surface area contributed by atoms with Crippen molar-refractivity contribution in [2.45, 2.75) is 6.92 Å². The van der Waals surface area contributed by atoms with E-state index in [2.05, 4.69) is 4.99 Å². The Balaban J connectivity index is 1.84. The average molecular weight is 333 g/mol. The van der Waals surface area contributed by atoms with Crippen molar-refractivity contribution in [1.82, 2.24) is 4.57 Å². The predicted octanol–water partition coefficient (Wildman–Crippen LogP) is 4.29. The summed E-state index contributed by atoms with van der Waals surface area (Å²) in [5.41, 5.74) is 4.74. The number of hydrogen-bond acceptors (Lipinski definition) is 4. The second-order valence-corrected chi connectivity index (χ2v) is 6.62. The fourth-order valence-corrected chi connectivity index (χ4v) is 3.68. The lowest BCUT2D eigenvalue weighted by Crippen LogP contribution is -2.11. The molecular weight excluding hydrogens is 318 g/mol. The highest BCUT2D eigenvalue weighted by atomic mass is 32.1. The standard InChI is InChI=1S/C19H15N3OS/c1-12-6-2-5-9-16(12)22-18(23)17(24-19(22)20)10-13-11-21-15-8-4-3-7-14(13)15/h2-11,20,23H,1H3/b13-10-,20-19?. The second-order valence-electron chi connectivity index (χ2n) is 5.59. The van der Waals surface area contributed by atoms with Gasteiger partial charge in [0.15, 0.2) is 4.80 Å². The van der Waals surface area contributed by atoms with E-state index in [0.717, 1.165) is 28.1 Å². The van der Waals surface area contributed by atoms with Crippen LogP contribution in [0.5, 0.6) is 5.88 Å². The topological polar surface area (TPSA) is 61.4 Å². The molecule has 1 aromatic heterocycles. The van der Waals surface area contributed by atoms with Gasteiger partial charge in [-0.25, -0.2) is 0 Å². The minimum atomic E-state index is 0.0876. The van der Waals surface area contributed by atoms with Crippen LogP contribution in [-0.4, -0.2) is 15.9 Å². The largest absolute Gasteiger partial charge is 0.493 e. The van der Waals surface area contributed by atoms with E-state index in [1.165, 1.54) is 11.3 Å². The number of para-hydroxylation sites is 2. The molecule has 0 saturated heterocycles. The number of hydrogen-bond donors (Lipinski definition) is 2. The van der Waals surface area contributed by atoms with Crippen molar-refractivity contribution in [1.29, 1.82) is 5.41 Å². The third kappa shape index (κ3) is 2.30. The Kier molecular flexibility index (Phi) is 3.43. The molecule has 0 amide bonds. The molecule has 5 heteroatoms. The van der Waals surface area contributed by atoms with Crippen molar-refractivity contribution < 1.29 is 5.11 Å². The van der Waals surface area contributed by atoms with Gasteiger partial charge in [0.2, 0.25) is 5.88 Å². The maximum Gasteiger partial charge on any atom is 0.215 e. The highest BCUT2D eigenvalue weighted by molar-refractivity contribution is 7.10. The van der Waals surface area contributed by atoms with Crippen molar-refractivity contribution in [3.8, 4) is 11.6 Å². The number of rotatable bonds is 2. The van der Waals surface area contributed by atoms with Crippen LogP contribution < -0.4 is 4.80 Å². The fraction of sp³-hybridized carbons (Fsp3) is 0.0526. The van der Waals surface area contributed by atoms with Crippen LogP contribution in [0.15, 0.2) is 53.5 Å². The van der Waals surface area contributed by atoms with Gasteiger partial charge in [-0.15, -0.1) is 0 Å². The first-order chi connectivity index (χ1) is 11.6. The van der Waals surface area contributed by atoms with Crippen molar-refractivity contribution in [2.75, 3.05) is 0 Å². The normalized spacial score (nSPS) is 14.3. The lowest BCUT2D eigenvalue weighted by molar-refractivity contribution is 0.438. The van der Waals surface area contributed by atoms with E-state index in [0.29, 0.717) is 4.88 Å². The van der Waals surface area contributed by atoms with E-state index in [1.54, 1.807) is 10.8 Å². The molecule has 0 spiro atoms. The van der Waals surface area contributed by atoms with Gasteiger partial charge in [-0.2, -0.15) is 0 Å². The second kappa shape index (κ2) is 5.62. The molecule has 3 aromatic rings. The van der Waals surface area contributed by atoms with Crippen LogP contribution in [0.3, 0.4) is 0 Å². The van der Waals surface area contributed by atoms with Crippen LogP contribution in [-0.2, 0) is 0 Å². The maximum absolute atomic E-state index is 10.7. The van der Waals surface area contributed by atoms with Gasteiger partial charge in [-0.3, -0.25) is 15.0 Å². The van der Waals surface area contributed by atoms with Crippen molar-refractivity contribution in [3.05, 3.63) is 69.3 Å². The third-order valence-electron chi connectivity index (χ3n) is 4.04. The fourth-order valence-electron chi connectivity index (χ4n) is 2.83. The summed E-state index contributed by atoms with van der Waals surface area (Å²) in [5, 5.41) is 18.9. The molecule has 2 aromatic carbocycles. The molecule has 118 valence electrons. The van der Waals surface area contributed by atoms with Crippen molar-refractivity contribution >= 4 is 34.9 Å². The summed E-state index contributed by atoms with van der Waals surface area (Å²) in [5.74, 6) is 0.0876. The van der Waals surface area contributed by atoms with E-state index in [4.69, 9.17) is 5.41 Å². The number of thiazole rings is 1. The first-order valence-corrected chi connectivity index (χ1v) is 8.37. The predicted molar refractivity (Wildman–Crippen MR) is 98.4 cm³/mol. The Morgan fingerprint density at radius 1 is 1.12 bits per heavy atom. The van der Waals surface area contributed by atoms with E-state index in [-0.39, 0.29) is 10.7 Å². The highest BCUT2D eigenvalue weighted by Crippen LogP contribution is 2.35. The molecule has 0 fully saturated rings. The molecule has 0 saturated carbocycles. The molecule has 4 rings (SSSR count). The number of aromatic hydroxyl groups is 1. The van der Waals surface area contributed by atoms with Crippen molar-refractivity contribution in [3.63, 3.8) is 0 Å². The van der Waals surface area contributed by atoms with Gasteiger partial charge in [0.25, 0.3) is 0 Å². The van der Waals surface area contributed by atoms with E-state index in [1.807, 2.05) is 61.5 Å². The molecule has 0 radical (unpaired) electrons. The smallest absolute Gasteiger partial charge is 0.215 e. The lowest BCUT2D eigenvalue weighted by atomic mass is 10.1. The minimum absolute atomic E-state index is 0.0876. The molecule has 0 bridgehead atoms.